The highest BCUT2D eigenvalue weighted by atomic mass is 35.5. The number of aryl methyl sites for hydroxylation is 1. The summed E-state index contributed by atoms with van der Waals surface area (Å²) < 4.78 is 9.91. The molecule has 2 N–H and O–H groups in total. The maximum absolute atomic E-state index is 10.9. The first-order chi connectivity index (χ1) is 7.76. The van der Waals surface area contributed by atoms with Gasteiger partial charge < -0.3 is 15.2 Å². The summed E-state index contributed by atoms with van der Waals surface area (Å²) in [6.07, 6.45) is 1.09. The lowest BCUT2D eigenvalue weighted by Crippen LogP contribution is -2.10. The Morgan fingerprint density at radius 3 is 2.47 bits per heavy atom. The number of nitrogens with two attached hydrogens (primary N) is 1. The second kappa shape index (κ2) is 8.84. The van der Waals surface area contributed by atoms with E-state index in [2.05, 4.69) is 4.74 Å². The van der Waals surface area contributed by atoms with E-state index in [1.807, 2.05) is 24.3 Å². The maximum atomic E-state index is 10.9. The normalized spacial score (nSPS) is 9.29. The van der Waals surface area contributed by atoms with Crippen molar-refractivity contribution in [2.45, 2.75) is 12.8 Å². The molecule has 0 unspecified atom stereocenters. The Balaban J connectivity index is 0.00000256. The monoisotopic (exact) mass is 259 g/mol. The zero-order chi connectivity index (χ0) is 11.8. The molecular weight excluding hydrogens is 242 g/mol. The van der Waals surface area contributed by atoms with E-state index in [1.165, 1.54) is 7.11 Å². The van der Waals surface area contributed by atoms with Crippen molar-refractivity contribution in [1.82, 2.24) is 0 Å². The van der Waals surface area contributed by atoms with Crippen LogP contribution in [0.2, 0.25) is 0 Å². The zero-order valence-electron chi connectivity index (χ0n) is 9.85. The summed E-state index contributed by atoms with van der Waals surface area (Å²) in [5.74, 6) is 0.607. The molecule has 1 rings (SSSR count). The first kappa shape index (κ1) is 15.7. The molecule has 0 atom stereocenters. The van der Waals surface area contributed by atoms with Crippen LogP contribution in [0.5, 0.6) is 5.75 Å². The molecule has 0 saturated carbocycles. The third-order valence-electron chi connectivity index (χ3n) is 2.16. The van der Waals surface area contributed by atoms with Crippen LogP contribution in [0.1, 0.15) is 12.0 Å². The van der Waals surface area contributed by atoms with E-state index in [0.717, 1.165) is 11.3 Å². The predicted octanol–water partition coefficient (Wildman–Crippen LogP) is 1.55. The number of esters is 1. The molecule has 1 aromatic rings. The van der Waals surface area contributed by atoms with Crippen molar-refractivity contribution in [1.29, 1.82) is 0 Å². The van der Waals surface area contributed by atoms with Crippen molar-refractivity contribution in [3.05, 3.63) is 29.8 Å². The van der Waals surface area contributed by atoms with Gasteiger partial charge in [0.05, 0.1) is 7.11 Å². The Labute approximate surface area is 108 Å². The summed E-state index contributed by atoms with van der Waals surface area (Å²) in [5, 5.41) is 0. The lowest BCUT2D eigenvalue weighted by atomic mass is 10.1. The highest BCUT2D eigenvalue weighted by Crippen LogP contribution is 2.13. The Morgan fingerprint density at radius 2 is 1.94 bits per heavy atom. The van der Waals surface area contributed by atoms with E-state index < -0.39 is 0 Å². The topological polar surface area (TPSA) is 61.5 Å². The fourth-order valence-corrected chi connectivity index (χ4v) is 1.28. The SMILES string of the molecule is COC(=O)CCc1ccc(OCCN)cc1.Cl. The largest absolute Gasteiger partial charge is 0.492 e. The van der Waals surface area contributed by atoms with Gasteiger partial charge in [-0.05, 0) is 24.1 Å². The average molecular weight is 260 g/mol. The molecule has 0 aliphatic rings. The van der Waals surface area contributed by atoms with Gasteiger partial charge in [0.2, 0.25) is 0 Å². The standard InChI is InChI=1S/C12H17NO3.ClH/c1-15-12(14)7-4-10-2-5-11(6-3-10)16-9-8-13;/h2-3,5-6H,4,7-9,13H2,1H3;1H. The number of rotatable bonds is 6. The van der Waals surface area contributed by atoms with Gasteiger partial charge in [0.1, 0.15) is 12.4 Å². The third-order valence-corrected chi connectivity index (χ3v) is 2.16. The van der Waals surface area contributed by atoms with E-state index >= 15 is 0 Å². The molecule has 96 valence electrons. The fraction of sp³-hybridized carbons (Fsp3) is 0.417. The van der Waals surface area contributed by atoms with Gasteiger partial charge in [0.25, 0.3) is 0 Å². The smallest absolute Gasteiger partial charge is 0.305 e. The van der Waals surface area contributed by atoms with Crippen LogP contribution in [0, 0.1) is 0 Å². The van der Waals surface area contributed by atoms with Crippen molar-refractivity contribution >= 4 is 18.4 Å². The number of carbonyl (C=O) groups excluding carboxylic acids is 1. The van der Waals surface area contributed by atoms with E-state index in [1.54, 1.807) is 0 Å². The van der Waals surface area contributed by atoms with E-state index in [9.17, 15) is 4.79 Å². The number of carbonyl (C=O) groups is 1. The molecule has 0 amide bonds. The average Bonchev–Trinajstić information content (AvgIpc) is 2.34. The number of hydrogen-bond acceptors (Lipinski definition) is 4. The van der Waals surface area contributed by atoms with Gasteiger partial charge in [0.15, 0.2) is 0 Å². The molecule has 0 aliphatic heterocycles. The maximum Gasteiger partial charge on any atom is 0.305 e. The number of hydrogen-bond donors (Lipinski definition) is 1. The van der Waals surface area contributed by atoms with E-state index in [4.69, 9.17) is 10.5 Å². The second-order valence-corrected chi connectivity index (χ2v) is 3.36. The molecule has 0 radical (unpaired) electrons. The van der Waals surface area contributed by atoms with Crippen molar-refractivity contribution in [2.24, 2.45) is 5.73 Å². The minimum atomic E-state index is -0.191. The molecule has 0 heterocycles. The highest BCUT2D eigenvalue weighted by molar-refractivity contribution is 5.85. The van der Waals surface area contributed by atoms with Gasteiger partial charge in [-0.15, -0.1) is 12.4 Å². The Bertz CT molecular complexity index is 327. The van der Waals surface area contributed by atoms with Gasteiger partial charge in [-0.1, -0.05) is 12.1 Å². The van der Waals surface area contributed by atoms with Gasteiger partial charge in [-0.3, -0.25) is 4.79 Å². The van der Waals surface area contributed by atoms with Gasteiger partial charge in [-0.2, -0.15) is 0 Å². The Hall–Kier alpha value is -1.26. The Kier molecular flexibility index (Phi) is 8.19. The molecule has 0 saturated heterocycles. The molecule has 0 bridgehead atoms. The van der Waals surface area contributed by atoms with E-state index in [0.29, 0.717) is 26.0 Å². The first-order valence-corrected chi connectivity index (χ1v) is 5.25. The van der Waals surface area contributed by atoms with Crippen molar-refractivity contribution in [2.75, 3.05) is 20.3 Å². The number of methoxy groups -OCH3 is 1. The van der Waals surface area contributed by atoms with Crippen molar-refractivity contribution in [3.8, 4) is 5.75 Å². The van der Waals surface area contributed by atoms with E-state index in [-0.39, 0.29) is 18.4 Å². The van der Waals surface area contributed by atoms with Crippen LogP contribution in [0.15, 0.2) is 24.3 Å². The number of ether oxygens (including phenoxy) is 2. The summed E-state index contributed by atoms with van der Waals surface area (Å²) in [7, 11) is 1.39. The quantitative estimate of drug-likeness (QED) is 0.788. The predicted molar refractivity (Wildman–Crippen MR) is 68.6 cm³/mol. The van der Waals surface area contributed by atoms with Gasteiger partial charge in [0, 0.05) is 13.0 Å². The molecule has 5 heteroatoms. The minimum absolute atomic E-state index is 0. The fourth-order valence-electron chi connectivity index (χ4n) is 1.28. The summed E-state index contributed by atoms with van der Waals surface area (Å²) in [5.41, 5.74) is 6.41. The number of halogens is 1. The van der Waals surface area contributed by atoms with Crippen LogP contribution in [0.25, 0.3) is 0 Å². The molecule has 0 spiro atoms. The zero-order valence-corrected chi connectivity index (χ0v) is 10.7. The lowest BCUT2D eigenvalue weighted by molar-refractivity contribution is -0.140. The molecule has 4 nitrogen and oxygen atoms in total. The summed E-state index contributed by atoms with van der Waals surface area (Å²) >= 11 is 0. The van der Waals surface area contributed by atoms with Crippen molar-refractivity contribution < 1.29 is 14.3 Å². The van der Waals surface area contributed by atoms with Crippen LogP contribution in [-0.2, 0) is 16.0 Å². The second-order valence-electron chi connectivity index (χ2n) is 3.36. The Morgan fingerprint density at radius 1 is 1.29 bits per heavy atom. The minimum Gasteiger partial charge on any atom is -0.492 e. The molecule has 0 fully saturated rings. The first-order valence-electron chi connectivity index (χ1n) is 5.25. The molecule has 1 aromatic carbocycles. The lowest BCUT2D eigenvalue weighted by Gasteiger charge is -2.05. The molecule has 0 aliphatic carbocycles. The molecule has 17 heavy (non-hydrogen) atoms. The van der Waals surface area contributed by atoms with Crippen LogP contribution in [0.3, 0.4) is 0 Å². The summed E-state index contributed by atoms with van der Waals surface area (Å²) in [4.78, 5) is 10.9. The van der Waals surface area contributed by atoms with Gasteiger partial charge >= 0.3 is 5.97 Å². The third kappa shape index (κ3) is 6.14. The molecular formula is C12H18ClNO3. The highest BCUT2D eigenvalue weighted by Gasteiger charge is 2.01. The van der Waals surface area contributed by atoms with Crippen LogP contribution >= 0.6 is 12.4 Å². The number of benzene rings is 1. The van der Waals surface area contributed by atoms with Crippen LogP contribution < -0.4 is 10.5 Å². The summed E-state index contributed by atoms with van der Waals surface area (Å²) in [6.45, 7) is 1.02. The molecule has 0 aromatic heterocycles. The van der Waals surface area contributed by atoms with Crippen molar-refractivity contribution in [3.63, 3.8) is 0 Å². The van der Waals surface area contributed by atoms with Crippen LogP contribution in [-0.4, -0.2) is 26.2 Å². The summed E-state index contributed by atoms with van der Waals surface area (Å²) in [6, 6.07) is 7.63. The van der Waals surface area contributed by atoms with Crippen LogP contribution in [0.4, 0.5) is 0 Å². The van der Waals surface area contributed by atoms with Gasteiger partial charge in [-0.25, -0.2) is 0 Å².